The van der Waals surface area contributed by atoms with Crippen molar-refractivity contribution >= 4 is 5.97 Å². The number of aliphatic carboxylic acids is 1. The maximum absolute atomic E-state index is 10.7. The Morgan fingerprint density at radius 1 is 1.67 bits per heavy atom. The summed E-state index contributed by atoms with van der Waals surface area (Å²) in [6.45, 7) is 0.665. The molecule has 1 atom stereocenters. The predicted octanol–water partition coefficient (Wildman–Crippen LogP) is 1.32. The number of carbonyl (C=O) groups is 1. The van der Waals surface area contributed by atoms with E-state index in [9.17, 15) is 4.79 Å². The van der Waals surface area contributed by atoms with Crippen LogP contribution >= 0.6 is 0 Å². The fourth-order valence-corrected chi connectivity index (χ4v) is 1.69. The Bertz CT molecular complexity index is 275. The molecule has 1 saturated heterocycles. The molecule has 1 aliphatic heterocycles. The highest BCUT2D eigenvalue weighted by Crippen LogP contribution is 2.34. The molecule has 64 valence electrons. The molecule has 12 heavy (non-hydrogen) atoms. The van der Waals surface area contributed by atoms with E-state index in [1.807, 2.05) is 6.08 Å². The van der Waals surface area contributed by atoms with Gasteiger partial charge in [-0.1, -0.05) is 6.08 Å². The highest BCUT2D eigenvalue weighted by atomic mass is 16.5. The van der Waals surface area contributed by atoms with E-state index >= 15 is 0 Å². The van der Waals surface area contributed by atoms with Crippen molar-refractivity contribution in [3.05, 3.63) is 23.5 Å². The number of fused-ring (bicyclic) bond motifs is 1. The Hall–Kier alpha value is -1.25. The molecule has 0 aromatic heterocycles. The summed E-state index contributed by atoms with van der Waals surface area (Å²) in [6, 6.07) is 0. The van der Waals surface area contributed by atoms with Gasteiger partial charge in [0.15, 0.2) is 0 Å². The highest BCUT2D eigenvalue weighted by molar-refractivity contribution is 5.90. The van der Waals surface area contributed by atoms with Gasteiger partial charge in [0.2, 0.25) is 0 Å². The molecule has 0 aromatic carbocycles. The summed E-state index contributed by atoms with van der Waals surface area (Å²) in [4.78, 5) is 10.7. The van der Waals surface area contributed by atoms with Crippen LogP contribution in [0.3, 0.4) is 0 Å². The summed E-state index contributed by atoms with van der Waals surface area (Å²) in [5.41, 5.74) is 0.337. The van der Waals surface area contributed by atoms with Crippen LogP contribution in [0.5, 0.6) is 0 Å². The lowest BCUT2D eigenvalue weighted by Crippen LogP contribution is -2.10. The van der Waals surface area contributed by atoms with E-state index < -0.39 is 5.97 Å². The number of allylic oxidation sites excluding steroid dienone is 2. The molecule has 0 saturated carbocycles. The van der Waals surface area contributed by atoms with Crippen LogP contribution in [0.1, 0.15) is 12.8 Å². The molecule has 2 rings (SSSR count). The molecule has 1 unspecified atom stereocenters. The first-order chi connectivity index (χ1) is 5.79. The highest BCUT2D eigenvalue weighted by Gasteiger charge is 2.29. The van der Waals surface area contributed by atoms with Crippen LogP contribution in [0.25, 0.3) is 0 Å². The van der Waals surface area contributed by atoms with Crippen molar-refractivity contribution in [2.45, 2.75) is 12.8 Å². The maximum Gasteiger partial charge on any atom is 0.339 e. The van der Waals surface area contributed by atoms with Crippen LogP contribution in [0.15, 0.2) is 23.5 Å². The molecule has 0 radical (unpaired) electrons. The summed E-state index contributed by atoms with van der Waals surface area (Å²) in [7, 11) is 0. The monoisotopic (exact) mass is 166 g/mol. The lowest BCUT2D eigenvalue weighted by atomic mass is 9.93. The van der Waals surface area contributed by atoms with Gasteiger partial charge in [-0.3, -0.25) is 0 Å². The minimum atomic E-state index is -0.882. The van der Waals surface area contributed by atoms with Gasteiger partial charge in [0.1, 0.15) is 5.76 Å². The lowest BCUT2D eigenvalue weighted by molar-refractivity contribution is -0.132. The van der Waals surface area contributed by atoms with E-state index in [1.54, 1.807) is 6.08 Å². The molecular formula is C9H10O3. The van der Waals surface area contributed by atoms with Crippen molar-refractivity contribution in [1.82, 2.24) is 0 Å². The van der Waals surface area contributed by atoms with Gasteiger partial charge in [0, 0.05) is 5.92 Å². The number of carboxylic acid groups (broad SMARTS) is 1. The number of rotatable bonds is 1. The first kappa shape index (κ1) is 7.40. The average molecular weight is 166 g/mol. The molecule has 1 aliphatic carbocycles. The SMILES string of the molecule is O=C(O)C1=C2OCCC2CC=C1. The Kier molecular flexibility index (Phi) is 1.64. The molecule has 0 bridgehead atoms. The molecule has 1 N–H and O–H groups in total. The van der Waals surface area contributed by atoms with E-state index in [0.29, 0.717) is 23.9 Å². The van der Waals surface area contributed by atoms with Gasteiger partial charge in [0.05, 0.1) is 12.2 Å². The van der Waals surface area contributed by atoms with Gasteiger partial charge in [0.25, 0.3) is 0 Å². The molecule has 3 heteroatoms. The second kappa shape index (κ2) is 2.66. The lowest BCUT2D eigenvalue weighted by Gasteiger charge is -2.13. The zero-order valence-electron chi connectivity index (χ0n) is 6.62. The van der Waals surface area contributed by atoms with Crippen LogP contribution < -0.4 is 0 Å². The first-order valence-corrected chi connectivity index (χ1v) is 4.06. The topological polar surface area (TPSA) is 46.5 Å². The first-order valence-electron chi connectivity index (χ1n) is 4.06. The summed E-state index contributed by atoms with van der Waals surface area (Å²) in [5.74, 6) is 0.124. The van der Waals surface area contributed by atoms with Crippen molar-refractivity contribution in [2.75, 3.05) is 6.61 Å². The molecule has 0 aromatic rings. The third-order valence-corrected chi connectivity index (χ3v) is 2.30. The summed E-state index contributed by atoms with van der Waals surface area (Å²) in [5, 5.41) is 8.80. The van der Waals surface area contributed by atoms with E-state index in [4.69, 9.17) is 9.84 Å². The van der Waals surface area contributed by atoms with Gasteiger partial charge in [-0.25, -0.2) is 4.79 Å². The minimum Gasteiger partial charge on any atom is -0.497 e. The minimum absolute atomic E-state index is 0.320. The third kappa shape index (κ3) is 1.02. The second-order valence-electron chi connectivity index (χ2n) is 3.06. The Labute approximate surface area is 70.3 Å². The summed E-state index contributed by atoms with van der Waals surface area (Å²) < 4.78 is 5.28. The van der Waals surface area contributed by atoms with Crippen molar-refractivity contribution < 1.29 is 14.6 Å². The Balaban J connectivity index is 2.38. The largest absolute Gasteiger partial charge is 0.497 e. The standard InChI is InChI=1S/C9H10O3/c10-9(11)7-3-1-2-6-4-5-12-8(6)7/h1,3,6H,2,4-5H2,(H,10,11). The fraction of sp³-hybridized carbons (Fsp3) is 0.444. The molecular weight excluding hydrogens is 156 g/mol. The van der Waals surface area contributed by atoms with E-state index in [2.05, 4.69) is 0 Å². The predicted molar refractivity (Wildman–Crippen MR) is 42.5 cm³/mol. The van der Waals surface area contributed by atoms with Crippen molar-refractivity contribution in [2.24, 2.45) is 5.92 Å². The second-order valence-corrected chi connectivity index (χ2v) is 3.06. The zero-order valence-corrected chi connectivity index (χ0v) is 6.62. The maximum atomic E-state index is 10.7. The van der Waals surface area contributed by atoms with E-state index in [0.717, 1.165) is 12.8 Å². The average Bonchev–Trinajstić information content (AvgIpc) is 2.49. The Morgan fingerprint density at radius 2 is 2.50 bits per heavy atom. The van der Waals surface area contributed by atoms with Crippen LogP contribution in [0.2, 0.25) is 0 Å². The van der Waals surface area contributed by atoms with Gasteiger partial charge < -0.3 is 9.84 Å². The van der Waals surface area contributed by atoms with Crippen molar-refractivity contribution in [3.8, 4) is 0 Å². The number of carboxylic acids is 1. The smallest absolute Gasteiger partial charge is 0.339 e. The molecule has 1 heterocycles. The number of hydrogen-bond acceptors (Lipinski definition) is 2. The molecule has 0 amide bonds. The van der Waals surface area contributed by atoms with Crippen LogP contribution in [-0.2, 0) is 9.53 Å². The van der Waals surface area contributed by atoms with E-state index in [-0.39, 0.29) is 0 Å². The molecule has 0 spiro atoms. The van der Waals surface area contributed by atoms with E-state index in [1.165, 1.54) is 0 Å². The van der Waals surface area contributed by atoms with Crippen molar-refractivity contribution in [1.29, 1.82) is 0 Å². The Morgan fingerprint density at radius 3 is 3.25 bits per heavy atom. The van der Waals surface area contributed by atoms with Crippen LogP contribution in [0.4, 0.5) is 0 Å². The number of ether oxygens (including phenoxy) is 1. The third-order valence-electron chi connectivity index (χ3n) is 2.30. The van der Waals surface area contributed by atoms with Gasteiger partial charge in [-0.2, -0.15) is 0 Å². The molecule has 3 nitrogen and oxygen atoms in total. The van der Waals surface area contributed by atoms with Crippen LogP contribution in [-0.4, -0.2) is 17.7 Å². The van der Waals surface area contributed by atoms with Gasteiger partial charge >= 0.3 is 5.97 Å². The summed E-state index contributed by atoms with van der Waals surface area (Å²) >= 11 is 0. The van der Waals surface area contributed by atoms with Gasteiger partial charge in [-0.05, 0) is 18.9 Å². The quantitative estimate of drug-likeness (QED) is 0.639. The van der Waals surface area contributed by atoms with Crippen LogP contribution in [0, 0.1) is 5.92 Å². The zero-order chi connectivity index (χ0) is 8.55. The summed E-state index contributed by atoms with van der Waals surface area (Å²) in [6.07, 6.45) is 5.42. The number of hydrogen-bond donors (Lipinski definition) is 1. The van der Waals surface area contributed by atoms with Gasteiger partial charge in [-0.15, -0.1) is 0 Å². The normalized spacial score (nSPS) is 26.8. The van der Waals surface area contributed by atoms with Crippen molar-refractivity contribution in [3.63, 3.8) is 0 Å². The molecule has 1 fully saturated rings. The fourth-order valence-electron chi connectivity index (χ4n) is 1.69. The molecule has 2 aliphatic rings.